The molecule has 0 spiro atoms. The van der Waals surface area contributed by atoms with E-state index in [4.69, 9.17) is 11.6 Å². The molecule has 0 saturated carbocycles. The monoisotopic (exact) mass is 254 g/mol. The van der Waals surface area contributed by atoms with Crippen LogP contribution in [0, 0.1) is 0 Å². The second-order valence-electron chi connectivity index (χ2n) is 4.03. The van der Waals surface area contributed by atoms with Crippen LogP contribution < -0.4 is 5.43 Å². The Bertz CT molecular complexity index is 619. The summed E-state index contributed by atoms with van der Waals surface area (Å²) in [6.45, 7) is 0. The quantitative estimate of drug-likeness (QED) is 0.814. The van der Waals surface area contributed by atoms with E-state index in [9.17, 15) is 0 Å². The Kier molecular flexibility index (Phi) is 2.87. The first kappa shape index (κ1) is 11.1. The molecule has 0 aromatic heterocycles. The number of allylic oxidation sites excluding steroid dienone is 6. The maximum atomic E-state index is 6.18. The largest absolute Gasteiger partial charge is 0.278 e. The number of nitrogens with zero attached hydrogens (tertiary/aromatic N) is 1. The third kappa shape index (κ3) is 2.03. The predicted molar refractivity (Wildman–Crippen MR) is 76.1 cm³/mol. The SMILES string of the molecule is ClC1=CC=C2NN=CC=C2C(c2ccccc2)=C1. The van der Waals surface area contributed by atoms with Gasteiger partial charge in [0.25, 0.3) is 0 Å². The highest BCUT2D eigenvalue weighted by atomic mass is 35.5. The second-order valence-corrected chi connectivity index (χ2v) is 4.46. The zero-order valence-corrected chi connectivity index (χ0v) is 10.4. The Morgan fingerprint density at radius 2 is 1.78 bits per heavy atom. The van der Waals surface area contributed by atoms with E-state index in [0.29, 0.717) is 5.03 Å². The first-order chi connectivity index (χ1) is 8.84. The van der Waals surface area contributed by atoms with Gasteiger partial charge in [0.15, 0.2) is 0 Å². The van der Waals surface area contributed by atoms with Crippen LogP contribution >= 0.6 is 11.6 Å². The number of halogens is 1. The molecule has 1 aliphatic heterocycles. The van der Waals surface area contributed by atoms with Gasteiger partial charge in [-0.1, -0.05) is 41.9 Å². The van der Waals surface area contributed by atoms with Crippen LogP contribution in [-0.2, 0) is 0 Å². The van der Waals surface area contributed by atoms with E-state index in [2.05, 4.69) is 22.7 Å². The molecule has 0 amide bonds. The fraction of sp³-hybridized carbons (Fsp3) is 0. The number of rotatable bonds is 1. The fourth-order valence-corrected chi connectivity index (χ4v) is 2.19. The Balaban J connectivity index is 2.17. The molecule has 2 aliphatic rings. The molecule has 1 N–H and O–H groups in total. The first-order valence-electron chi connectivity index (χ1n) is 5.69. The number of hydrogen-bond donors (Lipinski definition) is 1. The number of nitrogens with one attached hydrogen (secondary N) is 1. The van der Waals surface area contributed by atoms with Gasteiger partial charge < -0.3 is 0 Å². The number of hydrogen-bond acceptors (Lipinski definition) is 2. The molecule has 0 saturated heterocycles. The summed E-state index contributed by atoms with van der Waals surface area (Å²) in [5.74, 6) is 0. The van der Waals surface area contributed by atoms with Gasteiger partial charge in [0, 0.05) is 16.8 Å². The van der Waals surface area contributed by atoms with Gasteiger partial charge in [0.2, 0.25) is 0 Å². The summed E-state index contributed by atoms with van der Waals surface area (Å²) < 4.78 is 0. The molecular weight excluding hydrogens is 244 g/mol. The van der Waals surface area contributed by atoms with Crippen molar-refractivity contribution in [3.05, 3.63) is 76.5 Å². The molecule has 0 fully saturated rings. The average Bonchev–Trinajstić information content (AvgIpc) is 2.60. The minimum Gasteiger partial charge on any atom is -0.278 e. The summed E-state index contributed by atoms with van der Waals surface area (Å²) in [5.41, 5.74) is 7.30. The number of hydrazone groups is 1. The minimum atomic E-state index is 0.707. The molecule has 1 aromatic carbocycles. The van der Waals surface area contributed by atoms with Crippen LogP contribution in [0.15, 0.2) is 76.0 Å². The molecule has 3 heteroatoms. The van der Waals surface area contributed by atoms with Crippen molar-refractivity contribution in [1.29, 1.82) is 0 Å². The lowest BCUT2D eigenvalue weighted by Crippen LogP contribution is -2.12. The van der Waals surface area contributed by atoms with E-state index in [1.54, 1.807) is 6.21 Å². The highest BCUT2D eigenvalue weighted by Crippen LogP contribution is 2.32. The van der Waals surface area contributed by atoms with Gasteiger partial charge in [-0.25, -0.2) is 0 Å². The molecule has 1 aliphatic carbocycles. The molecule has 0 radical (unpaired) electrons. The maximum Gasteiger partial charge on any atom is 0.0641 e. The normalized spacial score (nSPS) is 17.6. The summed E-state index contributed by atoms with van der Waals surface area (Å²) in [6, 6.07) is 10.2. The zero-order valence-electron chi connectivity index (χ0n) is 9.60. The van der Waals surface area contributed by atoms with E-state index < -0.39 is 0 Å². The maximum absolute atomic E-state index is 6.18. The lowest BCUT2D eigenvalue weighted by molar-refractivity contribution is 0.905. The molecule has 18 heavy (non-hydrogen) atoms. The van der Waals surface area contributed by atoms with Gasteiger partial charge in [0.1, 0.15) is 0 Å². The fourth-order valence-electron chi connectivity index (χ4n) is 2.01. The molecule has 0 bridgehead atoms. The van der Waals surface area contributed by atoms with Gasteiger partial charge >= 0.3 is 0 Å². The highest BCUT2D eigenvalue weighted by molar-refractivity contribution is 6.32. The van der Waals surface area contributed by atoms with Crippen molar-refractivity contribution in [3.63, 3.8) is 0 Å². The van der Waals surface area contributed by atoms with Crippen LogP contribution in [0.3, 0.4) is 0 Å². The van der Waals surface area contributed by atoms with Crippen LogP contribution in [0.25, 0.3) is 5.57 Å². The summed E-state index contributed by atoms with van der Waals surface area (Å²) in [5, 5.41) is 4.74. The molecule has 1 heterocycles. The third-order valence-corrected chi connectivity index (χ3v) is 3.09. The minimum absolute atomic E-state index is 0.707. The molecule has 2 nitrogen and oxygen atoms in total. The van der Waals surface area contributed by atoms with Gasteiger partial charge in [-0.05, 0) is 35.4 Å². The molecule has 0 unspecified atom stereocenters. The van der Waals surface area contributed by atoms with E-state index in [1.807, 2.05) is 42.5 Å². The van der Waals surface area contributed by atoms with Crippen molar-refractivity contribution in [1.82, 2.24) is 5.43 Å². The lowest BCUT2D eigenvalue weighted by atomic mass is 9.95. The molecule has 88 valence electrons. The zero-order chi connectivity index (χ0) is 12.4. The summed E-state index contributed by atoms with van der Waals surface area (Å²) >= 11 is 6.18. The van der Waals surface area contributed by atoms with E-state index >= 15 is 0 Å². The number of fused-ring (bicyclic) bond motifs is 1. The van der Waals surface area contributed by atoms with Crippen LogP contribution in [-0.4, -0.2) is 6.21 Å². The third-order valence-electron chi connectivity index (χ3n) is 2.86. The Hall–Kier alpha value is -2.06. The lowest BCUT2D eigenvalue weighted by Gasteiger charge is -2.16. The number of benzene rings is 1. The van der Waals surface area contributed by atoms with Crippen LogP contribution in [0.1, 0.15) is 5.56 Å². The molecule has 3 rings (SSSR count). The van der Waals surface area contributed by atoms with Crippen molar-refractivity contribution in [2.24, 2.45) is 5.10 Å². The van der Waals surface area contributed by atoms with Crippen LogP contribution in [0.5, 0.6) is 0 Å². The van der Waals surface area contributed by atoms with E-state index in [1.165, 1.54) is 0 Å². The average molecular weight is 255 g/mol. The van der Waals surface area contributed by atoms with Crippen LogP contribution in [0.2, 0.25) is 0 Å². The van der Waals surface area contributed by atoms with Crippen molar-refractivity contribution < 1.29 is 0 Å². The van der Waals surface area contributed by atoms with Crippen LogP contribution in [0.4, 0.5) is 0 Å². The van der Waals surface area contributed by atoms with Gasteiger partial charge in [0.05, 0.1) is 5.70 Å². The van der Waals surface area contributed by atoms with Gasteiger partial charge in [-0.2, -0.15) is 5.10 Å². The summed E-state index contributed by atoms with van der Waals surface area (Å²) in [4.78, 5) is 0. The standard InChI is InChI=1S/C15H11ClN2/c16-12-6-7-15-13(8-9-17-18-15)14(10-12)11-4-2-1-3-5-11/h1-10,18H. The summed E-state index contributed by atoms with van der Waals surface area (Å²) in [6.07, 6.45) is 9.53. The molecule has 0 atom stereocenters. The van der Waals surface area contributed by atoms with Crippen molar-refractivity contribution in [3.8, 4) is 0 Å². The Labute approximate surface area is 111 Å². The van der Waals surface area contributed by atoms with E-state index in [0.717, 1.165) is 22.4 Å². The Morgan fingerprint density at radius 3 is 2.61 bits per heavy atom. The molecule has 1 aromatic rings. The Morgan fingerprint density at radius 1 is 0.944 bits per heavy atom. The summed E-state index contributed by atoms with van der Waals surface area (Å²) in [7, 11) is 0. The van der Waals surface area contributed by atoms with E-state index in [-0.39, 0.29) is 0 Å². The van der Waals surface area contributed by atoms with Gasteiger partial charge in [-0.3, -0.25) is 5.43 Å². The first-order valence-corrected chi connectivity index (χ1v) is 6.07. The second kappa shape index (κ2) is 4.67. The predicted octanol–water partition coefficient (Wildman–Crippen LogP) is 3.61. The van der Waals surface area contributed by atoms with Crippen molar-refractivity contribution >= 4 is 23.4 Å². The topological polar surface area (TPSA) is 24.4 Å². The molecular formula is C15H11ClN2. The smallest absolute Gasteiger partial charge is 0.0641 e. The highest BCUT2D eigenvalue weighted by Gasteiger charge is 2.16. The van der Waals surface area contributed by atoms with Gasteiger partial charge in [-0.15, -0.1) is 0 Å². The van der Waals surface area contributed by atoms with Crippen molar-refractivity contribution in [2.75, 3.05) is 0 Å². The van der Waals surface area contributed by atoms with Crippen molar-refractivity contribution in [2.45, 2.75) is 0 Å².